The third kappa shape index (κ3) is 8.27. The van der Waals surface area contributed by atoms with Crippen LogP contribution < -0.4 is 4.74 Å². The SMILES string of the molecule is C=C1C[C@@H]2O[C@@]3(C)[C@H](C[C@H]2O[C@@H]1[C@](C)(O)CO)O[C@H](CCOCc1ccccc1)[C@@H](OCc1ccccc1)[C@H]3OCc1ccc(OC)cc1. The molecule has 0 radical (unpaired) electrons. The van der Waals surface area contributed by atoms with Crippen molar-refractivity contribution in [3.63, 3.8) is 0 Å². The zero-order chi connectivity index (χ0) is 34.4. The fourth-order valence-corrected chi connectivity index (χ4v) is 7.27. The van der Waals surface area contributed by atoms with Gasteiger partial charge in [-0.15, -0.1) is 0 Å². The molecule has 0 spiro atoms. The number of hydrogen-bond acceptors (Lipinski definition) is 9. The quantitative estimate of drug-likeness (QED) is 0.168. The molecule has 0 amide bonds. The van der Waals surface area contributed by atoms with Crippen LogP contribution in [0.5, 0.6) is 5.75 Å². The molecule has 0 unspecified atom stereocenters. The van der Waals surface area contributed by atoms with Crippen LogP contribution in [0.4, 0.5) is 0 Å². The Morgan fingerprint density at radius 3 is 2.14 bits per heavy atom. The molecule has 3 aliphatic rings. The summed E-state index contributed by atoms with van der Waals surface area (Å²) in [6, 6.07) is 28.0. The topological polar surface area (TPSA) is 105 Å². The van der Waals surface area contributed by atoms with Crippen LogP contribution in [0.1, 0.15) is 49.8 Å². The molecule has 3 aliphatic heterocycles. The summed E-state index contributed by atoms with van der Waals surface area (Å²) in [5, 5.41) is 20.8. The Morgan fingerprint density at radius 2 is 1.49 bits per heavy atom. The molecule has 9 nitrogen and oxygen atoms in total. The molecule has 0 aliphatic carbocycles. The van der Waals surface area contributed by atoms with Crippen LogP contribution in [0, 0.1) is 0 Å². The maximum atomic E-state index is 10.9. The summed E-state index contributed by atoms with van der Waals surface area (Å²) in [6.45, 7) is 9.05. The first-order valence-corrected chi connectivity index (χ1v) is 17.2. The van der Waals surface area contributed by atoms with E-state index in [-0.39, 0.29) is 18.3 Å². The maximum Gasteiger partial charge on any atom is 0.121 e. The van der Waals surface area contributed by atoms with Crippen molar-refractivity contribution in [2.24, 2.45) is 0 Å². The van der Waals surface area contributed by atoms with E-state index in [1.54, 1.807) is 14.0 Å². The average molecular weight is 675 g/mol. The first-order valence-electron chi connectivity index (χ1n) is 17.2. The van der Waals surface area contributed by atoms with Gasteiger partial charge in [0, 0.05) is 13.0 Å². The van der Waals surface area contributed by atoms with Crippen molar-refractivity contribution >= 4 is 0 Å². The van der Waals surface area contributed by atoms with Crippen molar-refractivity contribution in [3.05, 3.63) is 114 Å². The van der Waals surface area contributed by atoms with Crippen LogP contribution in [0.25, 0.3) is 0 Å². The largest absolute Gasteiger partial charge is 0.497 e. The predicted molar refractivity (Wildman–Crippen MR) is 184 cm³/mol. The second-order valence-electron chi connectivity index (χ2n) is 13.8. The number of hydrogen-bond donors (Lipinski definition) is 2. The van der Waals surface area contributed by atoms with E-state index in [4.69, 9.17) is 33.2 Å². The van der Waals surface area contributed by atoms with E-state index in [1.165, 1.54) is 0 Å². The van der Waals surface area contributed by atoms with Crippen molar-refractivity contribution < 1.29 is 43.4 Å². The van der Waals surface area contributed by atoms with E-state index in [0.29, 0.717) is 51.3 Å². The Hall–Kier alpha value is -3.12. The smallest absolute Gasteiger partial charge is 0.121 e. The van der Waals surface area contributed by atoms with Gasteiger partial charge in [0.25, 0.3) is 0 Å². The molecule has 3 aromatic rings. The van der Waals surface area contributed by atoms with E-state index in [0.717, 1.165) is 22.4 Å². The summed E-state index contributed by atoms with van der Waals surface area (Å²) in [4.78, 5) is 0. The van der Waals surface area contributed by atoms with Gasteiger partial charge in [-0.05, 0) is 61.1 Å². The molecule has 3 saturated heterocycles. The number of ether oxygens (including phenoxy) is 7. The Bertz CT molecular complexity index is 1480. The molecule has 2 N–H and O–H groups in total. The molecule has 0 aromatic heterocycles. The zero-order valence-corrected chi connectivity index (χ0v) is 28.7. The Kier molecular flexibility index (Phi) is 11.5. The van der Waals surface area contributed by atoms with Crippen LogP contribution in [0.2, 0.25) is 0 Å². The minimum atomic E-state index is -1.46. The van der Waals surface area contributed by atoms with Crippen molar-refractivity contribution in [1.82, 2.24) is 0 Å². The van der Waals surface area contributed by atoms with Crippen LogP contribution in [0.3, 0.4) is 0 Å². The Balaban J connectivity index is 1.27. The van der Waals surface area contributed by atoms with Gasteiger partial charge in [0.15, 0.2) is 0 Å². The summed E-state index contributed by atoms with van der Waals surface area (Å²) in [5.41, 5.74) is 1.47. The van der Waals surface area contributed by atoms with E-state index in [9.17, 15) is 10.2 Å². The second kappa shape index (κ2) is 15.8. The van der Waals surface area contributed by atoms with Crippen LogP contribution in [-0.4, -0.2) is 84.5 Å². The van der Waals surface area contributed by atoms with Crippen molar-refractivity contribution in [2.75, 3.05) is 20.3 Å². The maximum absolute atomic E-state index is 10.9. The van der Waals surface area contributed by atoms with E-state index in [2.05, 4.69) is 6.58 Å². The van der Waals surface area contributed by atoms with Crippen molar-refractivity contribution in [1.29, 1.82) is 0 Å². The summed E-state index contributed by atoms with van der Waals surface area (Å²) >= 11 is 0. The van der Waals surface area contributed by atoms with Gasteiger partial charge in [0.2, 0.25) is 0 Å². The number of aliphatic hydroxyl groups excluding tert-OH is 1. The standard InChI is InChI=1S/C40H50O9/c1-27-21-34-33(48-37(27)39(2,42)26-41)22-35-40(3,49-34)38(46-25-30-15-17-31(43-4)18-16-30)36(45-24-29-13-9-6-10-14-29)32(47-35)19-20-44-23-28-11-7-5-8-12-28/h5-18,32-38,41-42H,1,19-26H2,2-4H3/t32-,33-,34+,35+,36-,37+,38-,39-,40+/m1/s1. The molecular weight excluding hydrogens is 624 g/mol. The minimum Gasteiger partial charge on any atom is -0.497 e. The second-order valence-corrected chi connectivity index (χ2v) is 13.8. The molecule has 0 bridgehead atoms. The molecule has 9 heteroatoms. The Morgan fingerprint density at radius 1 is 0.857 bits per heavy atom. The fraction of sp³-hybridized carbons (Fsp3) is 0.500. The van der Waals surface area contributed by atoms with Gasteiger partial charge in [-0.3, -0.25) is 0 Å². The van der Waals surface area contributed by atoms with Crippen LogP contribution in [-0.2, 0) is 48.2 Å². The Labute approximate surface area is 289 Å². The molecule has 264 valence electrons. The summed E-state index contributed by atoms with van der Waals surface area (Å²) < 4.78 is 45.5. The molecule has 49 heavy (non-hydrogen) atoms. The minimum absolute atomic E-state index is 0.335. The molecule has 3 aromatic carbocycles. The van der Waals surface area contributed by atoms with Crippen molar-refractivity contribution in [3.8, 4) is 5.75 Å². The first kappa shape index (κ1) is 35.7. The lowest BCUT2D eigenvalue weighted by Crippen LogP contribution is -2.72. The monoisotopic (exact) mass is 674 g/mol. The number of benzene rings is 3. The fourth-order valence-electron chi connectivity index (χ4n) is 7.27. The van der Waals surface area contributed by atoms with Crippen molar-refractivity contribution in [2.45, 2.75) is 107 Å². The predicted octanol–water partition coefficient (Wildman–Crippen LogP) is 5.54. The van der Waals surface area contributed by atoms with Gasteiger partial charge in [-0.2, -0.15) is 0 Å². The highest BCUT2D eigenvalue weighted by Crippen LogP contribution is 2.48. The highest BCUT2D eigenvalue weighted by Gasteiger charge is 2.61. The lowest BCUT2D eigenvalue weighted by atomic mass is 9.75. The first-order chi connectivity index (χ1) is 23.7. The van der Waals surface area contributed by atoms with Gasteiger partial charge in [-0.25, -0.2) is 0 Å². The number of rotatable bonds is 14. The number of fused-ring (bicyclic) bond motifs is 2. The van der Waals surface area contributed by atoms with E-state index >= 15 is 0 Å². The lowest BCUT2D eigenvalue weighted by molar-refractivity contribution is -0.350. The molecule has 3 fully saturated rings. The normalized spacial score (nSPS) is 31.0. The van der Waals surface area contributed by atoms with Gasteiger partial charge in [-0.1, -0.05) is 79.4 Å². The van der Waals surface area contributed by atoms with Crippen LogP contribution >= 0.6 is 0 Å². The van der Waals surface area contributed by atoms with Gasteiger partial charge >= 0.3 is 0 Å². The van der Waals surface area contributed by atoms with Crippen LogP contribution in [0.15, 0.2) is 97.1 Å². The van der Waals surface area contributed by atoms with E-state index < -0.39 is 42.2 Å². The molecule has 6 rings (SSSR count). The molecule has 0 saturated carbocycles. The zero-order valence-electron chi connectivity index (χ0n) is 28.7. The average Bonchev–Trinajstić information content (AvgIpc) is 3.12. The molecule has 9 atom stereocenters. The van der Waals surface area contributed by atoms with Gasteiger partial charge in [0.1, 0.15) is 35.3 Å². The van der Waals surface area contributed by atoms with Gasteiger partial charge < -0.3 is 43.4 Å². The summed E-state index contributed by atoms with van der Waals surface area (Å²) in [5.74, 6) is 0.777. The van der Waals surface area contributed by atoms with Gasteiger partial charge in [0.05, 0.1) is 58.0 Å². The number of aliphatic hydroxyl groups is 2. The molecule has 3 heterocycles. The third-order valence-corrected chi connectivity index (χ3v) is 10.0. The highest BCUT2D eigenvalue weighted by molar-refractivity contribution is 5.27. The summed E-state index contributed by atoms with van der Waals surface area (Å²) in [6.07, 6.45) is -1.62. The molecular formula is C40H50O9. The van der Waals surface area contributed by atoms with E-state index in [1.807, 2.05) is 91.9 Å². The number of methoxy groups -OCH3 is 1. The lowest BCUT2D eigenvalue weighted by Gasteiger charge is -2.59. The third-order valence-electron chi connectivity index (χ3n) is 10.0. The summed E-state index contributed by atoms with van der Waals surface area (Å²) in [7, 11) is 1.65. The highest BCUT2D eigenvalue weighted by atomic mass is 16.6.